The number of guanidine groups is 1. The maximum absolute atomic E-state index is 4.97. The number of aliphatic imine (C=N–C) groups is 1. The van der Waals surface area contributed by atoms with E-state index < -0.39 is 0 Å². The van der Waals surface area contributed by atoms with E-state index in [4.69, 9.17) is 4.99 Å². The highest BCUT2D eigenvalue weighted by Gasteiger charge is 2.35. The molecule has 1 aliphatic carbocycles. The van der Waals surface area contributed by atoms with Gasteiger partial charge in [0.05, 0.1) is 6.54 Å². The average Bonchev–Trinajstić information content (AvgIpc) is 3.42. The molecule has 3 rings (SSSR count). The number of hydrogen-bond donors (Lipinski definition) is 3. The van der Waals surface area contributed by atoms with E-state index in [1.165, 1.54) is 31.2 Å². The molecule has 1 unspecified atom stereocenters. The van der Waals surface area contributed by atoms with Crippen LogP contribution >= 0.6 is 24.0 Å². The Bertz CT molecular complexity index is 784. The van der Waals surface area contributed by atoms with Gasteiger partial charge in [0.15, 0.2) is 5.96 Å². The Morgan fingerprint density at radius 2 is 1.90 bits per heavy atom. The molecule has 7 nitrogen and oxygen atoms in total. The summed E-state index contributed by atoms with van der Waals surface area (Å²) in [6, 6.07) is 11.0. The van der Waals surface area contributed by atoms with Gasteiger partial charge in [0.1, 0.15) is 12.2 Å². The summed E-state index contributed by atoms with van der Waals surface area (Å²) in [7, 11) is 0. The summed E-state index contributed by atoms with van der Waals surface area (Å²) >= 11 is 0. The predicted octanol–water partition coefficient (Wildman–Crippen LogP) is 3.68. The summed E-state index contributed by atoms with van der Waals surface area (Å²) in [6.45, 7) is 9.71. The molecule has 0 bridgehead atoms. The number of hydrogen-bond acceptors (Lipinski definition) is 4. The molecule has 3 N–H and O–H groups in total. The highest BCUT2D eigenvalue weighted by atomic mass is 127. The Balaban J connectivity index is 0.00000341. The predicted molar refractivity (Wildman–Crippen MR) is 138 cm³/mol. The van der Waals surface area contributed by atoms with Crippen molar-refractivity contribution in [2.24, 2.45) is 4.99 Å². The van der Waals surface area contributed by atoms with Gasteiger partial charge in [0.25, 0.3) is 0 Å². The van der Waals surface area contributed by atoms with Crippen molar-refractivity contribution >= 4 is 29.9 Å². The van der Waals surface area contributed by atoms with Crippen LogP contribution in [-0.2, 0) is 13.0 Å². The number of nitrogens with zero attached hydrogens (tertiary/aromatic N) is 4. The molecule has 0 radical (unpaired) electrons. The first kappa shape index (κ1) is 25.6. The Labute approximate surface area is 203 Å². The Morgan fingerprint density at radius 3 is 2.58 bits per heavy atom. The fourth-order valence-corrected chi connectivity index (χ4v) is 4.29. The zero-order valence-electron chi connectivity index (χ0n) is 19.1. The lowest BCUT2D eigenvalue weighted by Gasteiger charge is -2.33. The molecule has 172 valence electrons. The smallest absolute Gasteiger partial charge is 0.191 e. The van der Waals surface area contributed by atoms with Crippen LogP contribution in [0.15, 0.2) is 41.7 Å². The number of halogens is 1. The lowest BCUT2D eigenvalue weighted by Crippen LogP contribution is -2.48. The zero-order chi connectivity index (χ0) is 21.2. The van der Waals surface area contributed by atoms with Crippen molar-refractivity contribution in [3.05, 3.63) is 48.0 Å². The van der Waals surface area contributed by atoms with Crippen LogP contribution in [0.3, 0.4) is 0 Å². The summed E-state index contributed by atoms with van der Waals surface area (Å²) in [5, 5.41) is 18.9. The van der Waals surface area contributed by atoms with Gasteiger partial charge in [-0.3, -0.25) is 4.99 Å². The van der Waals surface area contributed by atoms with Gasteiger partial charge in [-0.05, 0) is 32.3 Å². The van der Waals surface area contributed by atoms with E-state index in [0.29, 0.717) is 6.04 Å². The summed E-state index contributed by atoms with van der Waals surface area (Å²) in [4.78, 5) is 4.97. The van der Waals surface area contributed by atoms with Crippen molar-refractivity contribution < 1.29 is 0 Å². The van der Waals surface area contributed by atoms with E-state index >= 15 is 0 Å². The van der Waals surface area contributed by atoms with E-state index in [9.17, 15) is 0 Å². The molecule has 0 spiro atoms. The van der Waals surface area contributed by atoms with Gasteiger partial charge in [-0.15, -0.1) is 34.2 Å². The van der Waals surface area contributed by atoms with Crippen LogP contribution in [0, 0.1) is 0 Å². The minimum Gasteiger partial charge on any atom is -0.357 e. The standard InChI is InChI=1S/C23H37N7.HI/c1-4-21-29-27-18-30(21)16-15-25-22(24-5-2)26-17-23(13-9-10-14-23)28-19(3)20-11-7-6-8-12-20;/h6-8,11-12,18-19,28H,4-5,9-10,13-17H2,1-3H3,(H2,24,25,26);1H. The van der Waals surface area contributed by atoms with Gasteiger partial charge in [-0.25, -0.2) is 0 Å². The van der Waals surface area contributed by atoms with Gasteiger partial charge >= 0.3 is 0 Å². The van der Waals surface area contributed by atoms with Crippen LogP contribution < -0.4 is 16.0 Å². The molecular formula is C23H38IN7. The molecule has 1 saturated carbocycles. The summed E-state index contributed by atoms with van der Waals surface area (Å²) < 4.78 is 2.10. The number of aryl methyl sites for hydroxylation is 1. The Hall–Kier alpha value is -1.68. The molecule has 1 fully saturated rings. The number of nitrogens with one attached hydrogen (secondary N) is 3. The van der Waals surface area contributed by atoms with Crippen molar-refractivity contribution in [2.45, 2.75) is 71.0 Å². The Kier molecular flexibility index (Phi) is 10.7. The first-order chi connectivity index (χ1) is 14.7. The first-order valence-electron chi connectivity index (χ1n) is 11.4. The fraction of sp³-hybridized carbons (Fsp3) is 0.609. The topological polar surface area (TPSA) is 79.2 Å². The SMILES string of the molecule is CCNC(=NCC1(NC(C)c2ccccc2)CCCC1)NCCn1cnnc1CC.I. The van der Waals surface area contributed by atoms with E-state index in [2.05, 4.69) is 81.8 Å². The number of rotatable bonds is 10. The lowest BCUT2D eigenvalue weighted by atomic mass is 9.95. The second-order valence-electron chi connectivity index (χ2n) is 8.18. The number of benzene rings is 1. The highest BCUT2D eigenvalue weighted by Crippen LogP contribution is 2.32. The molecule has 1 heterocycles. The van der Waals surface area contributed by atoms with E-state index in [-0.39, 0.29) is 29.5 Å². The van der Waals surface area contributed by atoms with Crippen LogP contribution in [0.2, 0.25) is 0 Å². The first-order valence-corrected chi connectivity index (χ1v) is 11.4. The van der Waals surface area contributed by atoms with E-state index in [0.717, 1.165) is 44.4 Å². The fourth-order valence-electron chi connectivity index (χ4n) is 4.29. The minimum atomic E-state index is 0. The van der Waals surface area contributed by atoms with Gasteiger partial charge in [0, 0.05) is 37.6 Å². The van der Waals surface area contributed by atoms with Crippen LogP contribution in [0.5, 0.6) is 0 Å². The highest BCUT2D eigenvalue weighted by molar-refractivity contribution is 14.0. The van der Waals surface area contributed by atoms with Gasteiger partial charge in [0.2, 0.25) is 0 Å². The van der Waals surface area contributed by atoms with Gasteiger partial charge < -0.3 is 20.5 Å². The van der Waals surface area contributed by atoms with Crippen molar-refractivity contribution in [2.75, 3.05) is 19.6 Å². The molecular weight excluding hydrogens is 501 g/mol. The monoisotopic (exact) mass is 539 g/mol. The van der Waals surface area contributed by atoms with Crippen molar-refractivity contribution in [1.29, 1.82) is 0 Å². The third-order valence-electron chi connectivity index (χ3n) is 5.92. The van der Waals surface area contributed by atoms with Crippen molar-refractivity contribution in [3.8, 4) is 0 Å². The van der Waals surface area contributed by atoms with E-state index in [1.807, 2.05) is 0 Å². The molecule has 0 aliphatic heterocycles. The second kappa shape index (κ2) is 13.0. The third kappa shape index (κ3) is 7.45. The van der Waals surface area contributed by atoms with E-state index in [1.54, 1.807) is 6.33 Å². The molecule has 31 heavy (non-hydrogen) atoms. The largest absolute Gasteiger partial charge is 0.357 e. The van der Waals surface area contributed by atoms with Crippen LogP contribution in [-0.4, -0.2) is 45.9 Å². The molecule has 2 aromatic rings. The lowest BCUT2D eigenvalue weighted by molar-refractivity contribution is 0.307. The van der Waals surface area contributed by atoms with Crippen molar-refractivity contribution in [3.63, 3.8) is 0 Å². The summed E-state index contributed by atoms with van der Waals surface area (Å²) in [5.41, 5.74) is 1.40. The van der Waals surface area contributed by atoms with Gasteiger partial charge in [-0.2, -0.15) is 0 Å². The zero-order valence-corrected chi connectivity index (χ0v) is 21.4. The summed E-state index contributed by atoms with van der Waals surface area (Å²) in [6.07, 6.45) is 7.57. The van der Waals surface area contributed by atoms with Crippen LogP contribution in [0.25, 0.3) is 0 Å². The molecule has 1 aromatic carbocycles. The van der Waals surface area contributed by atoms with Gasteiger partial charge in [-0.1, -0.05) is 50.1 Å². The molecule has 1 atom stereocenters. The third-order valence-corrected chi connectivity index (χ3v) is 5.92. The molecule has 1 aliphatic rings. The maximum Gasteiger partial charge on any atom is 0.191 e. The molecule has 0 saturated heterocycles. The number of aromatic nitrogens is 3. The Morgan fingerprint density at radius 1 is 1.16 bits per heavy atom. The quantitative estimate of drug-likeness (QED) is 0.244. The normalized spacial score (nSPS) is 16.5. The second-order valence-corrected chi connectivity index (χ2v) is 8.18. The minimum absolute atomic E-state index is 0. The molecule has 1 aromatic heterocycles. The molecule has 0 amide bonds. The molecule has 8 heteroatoms. The maximum atomic E-state index is 4.97. The summed E-state index contributed by atoms with van der Waals surface area (Å²) in [5.74, 6) is 1.90. The van der Waals surface area contributed by atoms with Crippen molar-refractivity contribution in [1.82, 2.24) is 30.7 Å². The average molecular weight is 540 g/mol. The van der Waals surface area contributed by atoms with Crippen LogP contribution in [0.1, 0.15) is 63.9 Å². The van der Waals surface area contributed by atoms with Crippen LogP contribution in [0.4, 0.5) is 0 Å².